The van der Waals surface area contributed by atoms with Gasteiger partial charge in [0.2, 0.25) is 5.91 Å². The van der Waals surface area contributed by atoms with E-state index in [1.807, 2.05) is 13.8 Å². The van der Waals surface area contributed by atoms with Crippen LogP contribution in [0, 0.1) is 11.7 Å². The van der Waals surface area contributed by atoms with Crippen LogP contribution in [0.25, 0.3) is 0 Å². The highest BCUT2D eigenvalue weighted by Gasteiger charge is 2.30. The monoisotopic (exact) mass is 294 g/mol. The van der Waals surface area contributed by atoms with Gasteiger partial charge in [0, 0.05) is 6.54 Å². The lowest BCUT2D eigenvalue weighted by atomic mass is 9.98. The van der Waals surface area contributed by atoms with Crippen LogP contribution in [0.4, 0.5) is 4.39 Å². The van der Waals surface area contributed by atoms with Crippen molar-refractivity contribution in [2.45, 2.75) is 32.4 Å². The van der Waals surface area contributed by atoms with Crippen LogP contribution in [0.15, 0.2) is 24.3 Å². The molecule has 1 aromatic rings. The number of morpholine rings is 1. The van der Waals surface area contributed by atoms with Crippen molar-refractivity contribution in [3.63, 3.8) is 0 Å². The van der Waals surface area contributed by atoms with E-state index < -0.39 is 6.04 Å². The largest absolute Gasteiger partial charge is 0.370 e. The van der Waals surface area contributed by atoms with Gasteiger partial charge in [0.1, 0.15) is 11.9 Å². The highest BCUT2D eigenvalue weighted by molar-refractivity contribution is 5.82. The first kappa shape index (κ1) is 15.9. The van der Waals surface area contributed by atoms with Crippen molar-refractivity contribution in [2.75, 3.05) is 19.7 Å². The predicted octanol–water partition coefficient (Wildman–Crippen LogP) is 2.10. The Kier molecular flexibility index (Phi) is 5.31. The first-order valence-corrected chi connectivity index (χ1v) is 7.44. The highest BCUT2D eigenvalue weighted by atomic mass is 19.1. The van der Waals surface area contributed by atoms with Gasteiger partial charge < -0.3 is 15.4 Å². The average Bonchev–Trinajstić information content (AvgIpc) is 2.53. The van der Waals surface area contributed by atoms with Crippen LogP contribution in [0.2, 0.25) is 0 Å². The number of benzene rings is 1. The molecular weight excluding hydrogens is 271 g/mol. The van der Waals surface area contributed by atoms with Crippen molar-refractivity contribution in [1.29, 1.82) is 0 Å². The molecule has 116 valence electrons. The lowest BCUT2D eigenvalue weighted by molar-refractivity contribution is -0.141. The average molecular weight is 294 g/mol. The third-order valence-electron chi connectivity index (χ3n) is 4.16. The molecule has 3 unspecified atom stereocenters. The van der Waals surface area contributed by atoms with Crippen LogP contribution >= 0.6 is 0 Å². The van der Waals surface area contributed by atoms with Crippen LogP contribution in [0.1, 0.15) is 31.9 Å². The molecule has 1 amide bonds. The number of carbonyl (C=O) groups is 1. The van der Waals surface area contributed by atoms with Crippen molar-refractivity contribution < 1.29 is 13.9 Å². The van der Waals surface area contributed by atoms with Crippen molar-refractivity contribution in [3.8, 4) is 0 Å². The van der Waals surface area contributed by atoms with Crippen LogP contribution in [-0.2, 0) is 9.53 Å². The number of nitrogens with two attached hydrogens (primary N) is 1. The number of carbonyl (C=O) groups excluding carboxylic acids is 1. The Morgan fingerprint density at radius 1 is 1.48 bits per heavy atom. The van der Waals surface area contributed by atoms with E-state index >= 15 is 0 Å². The first-order valence-electron chi connectivity index (χ1n) is 7.44. The zero-order valence-corrected chi connectivity index (χ0v) is 12.6. The summed E-state index contributed by atoms with van der Waals surface area (Å²) in [7, 11) is 0. The number of hydrogen-bond acceptors (Lipinski definition) is 3. The van der Waals surface area contributed by atoms with Gasteiger partial charge >= 0.3 is 0 Å². The summed E-state index contributed by atoms with van der Waals surface area (Å²) in [6.07, 6.45) is 0.658. The summed E-state index contributed by atoms with van der Waals surface area (Å²) in [5, 5.41) is 0. The van der Waals surface area contributed by atoms with Gasteiger partial charge in [0.05, 0.1) is 19.2 Å². The van der Waals surface area contributed by atoms with E-state index in [1.54, 1.807) is 17.0 Å². The Morgan fingerprint density at radius 3 is 2.76 bits per heavy atom. The van der Waals surface area contributed by atoms with E-state index in [0.717, 1.165) is 12.0 Å². The smallest absolute Gasteiger partial charge is 0.239 e. The molecule has 21 heavy (non-hydrogen) atoms. The lowest BCUT2D eigenvalue weighted by Gasteiger charge is -2.35. The minimum Gasteiger partial charge on any atom is -0.370 e. The van der Waals surface area contributed by atoms with Crippen molar-refractivity contribution >= 4 is 5.91 Å². The molecule has 0 saturated carbocycles. The van der Waals surface area contributed by atoms with Crippen molar-refractivity contribution in [3.05, 3.63) is 35.6 Å². The second-order valence-corrected chi connectivity index (χ2v) is 5.61. The Labute approximate surface area is 125 Å². The molecule has 5 heteroatoms. The summed E-state index contributed by atoms with van der Waals surface area (Å²) in [6.45, 7) is 5.51. The number of amides is 1. The second-order valence-electron chi connectivity index (χ2n) is 5.61. The minimum atomic E-state index is -0.470. The van der Waals surface area contributed by atoms with Gasteiger partial charge in [-0.15, -0.1) is 0 Å². The molecule has 0 radical (unpaired) electrons. The molecule has 0 spiro atoms. The Bertz CT molecular complexity index is 478. The zero-order valence-electron chi connectivity index (χ0n) is 12.6. The molecule has 2 N–H and O–H groups in total. The summed E-state index contributed by atoms with van der Waals surface area (Å²) in [5.41, 5.74) is 6.91. The summed E-state index contributed by atoms with van der Waals surface area (Å²) >= 11 is 0. The number of nitrogens with zero attached hydrogens (tertiary/aromatic N) is 1. The van der Waals surface area contributed by atoms with Crippen LogP contribution in [0.5, 0.6) is 0 Å². The van der Waals surface area contributed by atoms with Crippen molar-refractivity contribution in [2.24, 2.45) is 11.7 Å². The van der Waals surface area contributed by atoms with Gasteiger partial charge in [0.15, 0.2) is 0 Å². The first-order chi connectivity index (χ1) is 10.0. The second kappa shape index (κ2) is 7.00. The number of rotatable bonds is 4. The zero-order chi connectivity index (χ0) is 15.4. The highest BCUT2D eigenvalue weighted by Crippen LogP contribution is 2.23. The third-order valence-corrected chi connectivity index (χ3v) is 4.16. The molecule has 1 aliphatic rings. The molecule has 1 aromatic carbocycles. The van der Waals surface area contributed by atoms with Gasteiger partial charge in [0.25, 0.3) is 0 Å². The number of ether oxygens (including phenoxy) is 1. The lowest BCUT2D eigenvalue weighted by Crippen LogP contribution is -2.51. The molecule has 1 fully saturated rings. The van der Waals surface area contributed by atoms with Crippen LogP contribution in [-0.4, -0.2) is 36.5 Å². The molecule has 1 aliphatic heterocycles. The quantitative estimate of drug-likeness (QED) is 0.925. The standard InChI is InChI=1S/C16H23FN2O2/c1-3-11(2)15(18)16(20)19-8-9-21-14(10-19)12-4-6-13(17)7-5-12/h4-7,11,14-15H,3,8-10,18H2,1-2H3. The van der Waals surface area contributed by atoms with E-state index in [4.69, 9.17) is 10.5 Å². The topological polar surface area (TPSA) is 55.6 Å². The normalized spacial score (nSPS) is 21.9. The molecule has 0 aromatic heterocycles. The summed E-state index contributed by atoms with van der Waals surface area (Å²) in [6, 6.07) is 5.74. The van der Waals surface area contributed by atoms with Gasteiger partial charge in [-0.3, -0.25) is 4.79 Å². The fourth-order valence-corrected chi connectivity index (χ4v) is 2.44. The van der Waals surface area contributed by atoms with Gasteiger partial charge in [-0.2, -0.15) is 0 Å². The Hall–Kier alpha value is -1.46. The SMILES string of the molecule is CCC(C)C(N)C(=O)N1CCOC(c2ccc(F)cc2)C1. The van der Waals surface area contributed by atoms with Crippen molar-refractivity contribution in [1.82, 2.24) is 4.90 Å². The third kappa shape index (κ3) is 3.80. The molecular formula is C16H23FN2O2. The maximum Gasteiger partial charge on any atom is 0.239 e. The number of halogens is 1. The van der Waals surface area contributed by atoms with E-state index in [1.165, 1.54) is 12.1 Å². The minimum absolute atomic E-state index is 0.0280. The molecule has 1 heterocycles. The van der Waals surface area contributed by atoms with E-state index in [9.17, 15) is 9.18 Å². The summed E-state index contributed by atoms with van der Waals surface area (Å²) in [4.78, 5) is 14.2. The summed E-state index contributed by atoms with van der Waals surface area (Å²) < 4.78 is 18.7. The van der Waals surface area contributed by atoms with E-state index in [-0.39, 0.29) is 23.7 Å². The van der Waals surface area contributed by atoms with Crippen LogP contribution in [0.3, 0.4) is 0 Å². The van der Waals surface area contributed by atoms with Gasteiger partial charge in [-0.1, -0.05) is 32.4 Å². The molecule has 0 bridgehead atoms. The fourth-order valence-electron chi connectivity index (χ4n) is 2.44. The fraction of sp³-hybridized carbons (Fsp3) is 0.562. The maximum absolute atomic E-state index is 13.0. The van der Waals surface area contributed by atoms with Gasteiger partial charge in [-0.05, 0) is 23.6 Å². The van der Waals surface area contributed by atoms with Crippen LogP contribution < -0.4 is 5.73 Å². The van der Waals surface area contributed by atoms with E-state index in [2.05, 4.69) is 0 Å². The molecule has 1 saturated heterocycles. The Morgan fingerprint density at radius 2 is 2.14 bits per heavy atom. The molecule has 3 atom stereocenters. The maximum atomic E-state index is 13.0. The van der Waals surface area contributed by atoms with Gasteiger partial charge in [-0.25, -0.2) is 4.39 Å². The molecule has 4 nitrogen and oxygen atoms in total. The summed E-state index contributed by atoms with van der Waals surface area (Å²) in [5.74, 6) is -0.148. The number of hydrogen-bond donors (Lipinski definition) is 1. The molecule has 2 rings (SSSR count). The predicted molar refractivity (Wildman–Crippen MR) is 79.1 cm³/mol. The Balaban J connectivity index is 2.03. The molecule has 0 aliphatic carbocycles. The van der Waals surface area contributed by atoms with E-state index in [0.29, 0.717) is 19.7 Å².